The quantitative estimate of drug-likeness (QED) is 0.481. The number of aromatic hydroxyl groups is 1. The van der Waals surface area contributed by atoms with Crippen molar-refractivity contribution in [2.24, 2.45) is 10.7 Å². The maximum Gasteiger partial charge on any atom is 0.286 e. The molecule has 0 saturated heterocycles. The summed E-state index contributed by atoms with van der Waals surface area (Å²) in [6.45, 7) is 0. The van der Waals surface area contributed by atoms with Crippen molar-refractivity contribution in [3.05, 3.63) is 37.2 Å². The Labute approximate surface area is 119 Å². The van der Waals surface area contributed by atoms with Gasteiger partial charge in [0.2, 0.25) is 0 Å². The van der Waals surface area contributed by atoms with Crippen LogP contribution in [0.25, 0.3) is 6.08 Å². The fourth-order valence-corrected chi connectivity index (χ4v) is 2.52. The minimum atomic E-state index is -0.597. The number of amidine groups is 1. The second-order valence-electron chi connectivity index (χ2n) is 3.49. The Balaban J connectivity index is 2.49. The summed E-state index contributed by atoms with van der Waals surface area (Å²) in [4.78, 5) is 25.3. The molecule has 0 spiro atoms. The van der Waals surface area contributed by atoms with Gasteiger partial charge in [0.25, 0.3) is 11.6 Å². The van der Waals surface area contributed by atoms with Crippen LogP contribution >= 0.6 is 27.7 Å². The van der Waals surface area contributed by atoms with Gasteiger partial charge in [-0.1, -0.05) is 0 Å². The topological polar surface area (TPSA) is 119 Å². The summed E-state index contributed by atoms with van der Waals surface area (Å²) in [6, 6.07) is 2.33. The van der Waals surface area contributed by atoms with Crippen molar-refractivity contribution in [3.8, 4) is 5.75 Å². The standard InChI is InChI=1S/C10H6BrN3O4S/c11-6-3-5(14(17)18)1-4(8(6)15)2-7-9(16)13-10(12)19-7/h1-3,15H,(H2,12,13,16)/b7-2-. The third-order valence-electron chi connectivity index (χ3n) is 2.21. The number of nitrogens with two attached hydrogens (primary N) is 1. The average Bonchev–Trinajstić information content (AvgIpc) is 2.63. The van der Waals surface area contributed by atoms with E-state index in [0.717, 1.165) is 17.8 Å². The van der Waals surface area contributed by atoms with Crippen LogP contribution in [0.2, 0.25) is 0 Å². The number of phenolic OH excluding ortho intramolecular Hbond substituents is 1. The van der Waals surface area contributed by atoms with Gasteiger partial charge in [0, 0.05) is 17.7 Å². The average molecular weight is 344 g/mol. The molecule has 0 saturated carbocycles. The monoisotopic (exact) mass is 343 g/mol. The molecule has 3 N–H and O–H groups in total. The Kier molecular flexibility index (Phi) is 3.58. The molecule has 2 rings (SSSR count). The molecule has 98 valence electrons. The van der Waals surface area contributed by atoms with Gasteiger partial charge in [0.15, 0.2) is 5.17 Å². The van der Waals surface area contributed by atoms with Crippen LogP contribution in [0.4, 0.5) is 5.69 Å². The molecule has 0 fully saturated rings. The van der Waals surface area contributed by atoms with Crippen LogP contribution < -0.4 is 5.73 Å². The number of phenols is 1. The molecule has 1 aromatic carbocycles. The highest BCUT2D eigenvalue weighted by Crippen LogP contribution is 2.36. The second kappa shape index (κ2) is 5.02. The van der Waals surface area contributed by atoms with Crippen LogP contribution in [0.15, 0.2) is 26.5 Å². The largest absolute Gasteiger partial charge is 0.506 e. The molecule has 19 heavy (non-hydrogen) atoms. The number of hydrogen-bond donors (Lipinski definition) is 2. The zero-order chi connectivity index (χ0) is 14.2. The van der Waals surface area contributed by atoms with E-state index in [1.54, 1.807) is 0 Å². The van der Waals surface area contributed by atoms with Crippen molar-refractivity contribution in [1.29, 1.82) is 0 Å². The number of amides is 1. The smallest absolute Gasteiger partial charge is 0.286 e. The van der Waals surface area contributed by atoms with Crippen LogP contribution in [0.3, 0.4) is 0 Å². The van der Waals surface area contributed by atoms with Crippen LogP contribution in [-0.2, 0) is 4.79 Å². The zero-order valence-corrected chi connectivity index (χ0v) is 11.6. The molecule has 1 aliphatic rings. The van der Waals surface area contributed by atoms with Crippen molar-refractivity contribution in [1.82, 2.24) is 0 Å². The van der Waals surface area contributed by atoms with Gasteiger partial charge < -0.3 is 10.8 Å². The van der Waals surface area contributed by atoms with Gasteiger partial charge in [-0.05, 0) is 33.8 Å². The minimum absolute atomic E-state index is 0.0974. The van der Waals surface area contributed by atoms with E-state index in [-0.39, 0.29) is 31.5 Å². The van der Waals surface area contributed by atoms with Crippen molar-refractivity contribution in [3.63, 3.8) is 0 Å². The first-order chi connectivity index (χ1) is 8.88. The van der Waals surface area contributed by atoms with E-state index in [9.17, 15) is 20.0 Å². The van der Waals surface area contributed by atoms with Gasteiger partial charge in [-0.25, -0.2) is 0 Å². The lowest BCUT2D eigenvalue weighted by atomic mass is 10.1. The van der Waals surface area contributed by atoms with E-state index in [4.69, 9.17) is 5.73 Å². The molecule has 7 nitrogen and oxygen atoms in total. The first-order valence-electron chi connectivity index (χ1n) is 4.83. The van der Waals surface area contributed by atoms with Gasteiger partial charge in [-0.2, -0.15) is 4.99 Å². The summed E-state index contributed by atoms with van der Waals surface area (Å²) in [5.41, 5.74) is 5.32. The molecule has 9 heteroatoms. The van der Waals surface area contributed by atoms with Crippen molar-refractivity contribution < 1.29 is 14.8 Å². The number of thioether (sulfide) groups is 1. The number of hydrogen-bond acceptors (Lipinski definition) is 6. The number of benzene rings is 1. The van der Waals surface area contributed by atoms with Gasteiger partial charge in [-0.15, -0.1) is 0 Å². The highest BCUT2D eigenvalue weighted by atomic mass is 79.9. The number of carbonyl (C=O) groups excluding carboxylic acids is 1. The van der Waals surface area contributed by atoms with Crippen LogP contribution in [0.1, 0.15) is 5.56 Å². The maximum absolute atomic E-state index is 11.4. The number of nitrogens with zero attached hydrogens (tertiary/aromatic N) is 2. The first kappa shape index (κ1) is 13.6. The summed E-state index contributed by atoms with van der Waals surface area (Å²) in [7, 11) is 0. The van der Waals surface area contributed by atoms with Gasteiger partial charge >= 0.3 is 0 Å². The summed E-state index contributed by atoms with van der Waals surface area (Å²) >= 11 is 3.95. The normalized spacial score (nSPS) is 16.8. The Hall–Kier alpha value is -1.87. The summed E-state index contributed by atoms with van der Waals surface area (Å²) in [5.74, 6) is -0.735. The molecule has 0 aliphatic carbocycles. The number of halogens is 1. The maximum atomic E-state index is 11.4. The molecule has 0 radical (unpaired) electrons. The molecule has 1 aromatic rings. The fraction of sp³-hybridized carbons (Fsp3) is 0. The van der Waals surface area contributed by atoms with Crippen LogP contribution in [-0.4, -0.2) is 21.1 Å². The molecule has 1 amide bonds. The highest BCUT2D eigenvalue weighted by Gasteiger charge is 2.21. The minimum Gasteiger partial charge on any atom is -0.506 e. The summed E-state index contributed by atoms with van der Waals surface area (Å²) in [5, 5.41) is 20.6. The van der Waals surface area contributed by atoms with Gasteiger partial charge in [-0.3, -0.25) is 14.9 Å². The van der Waals surface area contributed by atoms with E-state index >= 15 is 0 Å². The van der Waals surface area contributed by atoms with Crippen molar-refractivity contribution in [2.45, 2.75) is 0 Å². The van der Waals surface area contributed by atoms with Crippen LogP contribution in [0, 0.1) is 10.1 Å². The third kappa shape index (κ3) is 2.76. The Morgan fingerprint density at radius 1 is 1.53 bits per heavy atom. The molecule has 0 unspecified atom stereocenters. The van der Waals surface area contributed by atoms with Crippen molar-refractivity contribution in [2.75, 3.05) is 0 Å². The number of rotatable bonds is 2. The molecular formula is C10H6BrN3O4S. The Morgan fingerprint density at radius 3 is 2.74 bits per heavy atom. The Morgan fingerprint density at radius 2 is 2.21 bits per heavy atom. The number of aliphatic imine (C=N–C) groups is 1. The van der Waals surface area contributed by atoms with E-state index < -0.39 is 10.8 Å². The second-order valence-corrected chi connectivity index (χ2v) is 5.40. The first-order valence-corrected chi connectivity index (χ1v) is 6.44. The number of non-ortho nitro benzene ring substituents is 1. The third-order valence-corrected chi connectivity index (χ3v) is 3.63. The summed E-state index contributed by atoms with van der Waals surface area (Å²) in [6.07, 6.45) is 1.31. The van der Waals surface area contributed by atoms with E-state index in [1.807, 2.05) is 0 Å². The zero-order valence-electron chi connectivity index (χ0n) is 9.16. The predicted octanol–water partition coefficient (Wildman–Crippen LogP) is 1.99. The van der Waals surface area contributed by atoms with E-state index in [1.165, 1.54) is 12.1 Å². The van der Waals surface area contributed by atoms with Gasteiger partial charge in [0.05, 0.1) is 14.3 Å². The van der Waals surface area contributed by atoms with Gasteiger partial charge in [0.1, 0.15) is 5.75 Å². The van der Waals surface area contributed by atoms with Crippen molar-refractivity contribution >= 4 is 50.5 Å². The van der Waals surface area contributed by atoms with Crippen LogP contribution in [0.5, 0.6) is 5.75 Å². The summed E-state index contributed by atoms with van der Waals surface area (Å²) < 4.78 is 0.165. The number of nitro groups is 1. The number of nitro benzene ring substituents is 1. The predicted molar refractivity (Wildman–Crippen MR) is 74.7 cm³/mol. The molecule has 0 atom stereocenters. The lowest BCUT2D eigenvalue weighted by molar-refractivity contribution is -0.385. The fourth-order valence-electron chi connectivity index (χ4n) is 1.39. The lowest BCUT2D eigenvalue weighted by Crippen LogP contribution is -2.01. The SMILES string of the molecule is NC1=NC(=O)/C(=C/c2cc([N+](=O)[O-])cc(Br)c2O)S1. The molecular weight excluding hydrogens is 338 g/mol. The molecule has 0 aromatic heterocycles. The number of carbonyl (C=O) groups is 1. The molecule has 1 aliphatic heterocycles. The lowest BCUT2D eigenvalue weighted by Gasteiger charge is -2.03. The Bertz CT molecular complexity index is 656. The molecule has 1 heterocycles. The highest BCUT2D eigenvalue weighted by molar-refractivity contribution is 9.10. The van der Waals surface area contributed by atoms with E-state index in [2.05, 4.69) is 20.9 Å². The molecule has 0 bridgehead atoms. The van der Waals surface area contributed by atoms with E-state index in [0.29, 0.717) is 0 Å².